The quantitative estimate of drug-likeness (QED) is 0.529. The minimum atomic E-state index is -0.294. The van der Waals surface area contributed by atoms with Gasteiger partial charge in [-0.2, -0.15) is 0 Å². The maximum absolute atomic E-state index is 13.0. The molecule has 1 atom stereocenters. The smallest absolute Gasteiger partial charge is 0.235 e. The fraction of sp³-hybridized carbons (Fsp3) is 0.348. The predicted octanol–water partition coefficient (Wildman–Crippen LogP) is 3.24. The number of thioether (sulfide) groups is 1. The van der Waals surface area contributed by atoms with Crippen molar-refractivity contribution in [3.8, 4) is 5.69 Å². The lowest BCUT2D eigenvalue weighted by Gasteiger charge is -2.28. The minimum absolute atomic E-state index is 0.0596. The van der Waals surface area contributed by atoms with E-state index >= 15 is 0 Å². The van der Waals surface area contributed by atoms with Crippen molar-refractivity contribution in [1.82, 2.24) is 19.7 Å². The highest BCUT2D eigenvalue weighted by molar-refractivity contribution is 8.00. The average Bonchev–Trinajstić information content (AvgIpc) is 3.23. The molecule has 2 aromatic carbocycles. The molecule has 31 heavy (non-hydrogen) atoms. The summed E-state index contributed by atoms with van der Waals surface area (Å²) in [6.07, 6.45) is 0. The van der Waals surface area contributed by atoms with E-state index in [9.17, 15) is 4.79 Å². The summed E-state index contributed by atoms with van der Waals surface area (Å²) in [7, 11) is 1.84. The Hall–Kier alpha value is -2.84. The van der Waals surface area contributed by atoms with Gasteiger partial charge < -0.3 is 14.5 Å². The van der Waals surface area contributed by atoms with Crippen LogP contribution in [0.15, 0.2) is 65.8 Å². The van der Waals surface area contributed by atoms with Crippen molar-refractivity contribution in [1.29, 1.82) is 0 Å². The zero-order valence-corrected chi connectivity index (χ0v) is 18.7. The van der Waals surface area contributed by atoms with Gasteiger partial charge in [0.2, 0.25) is 11.9 Å². The van der Waals surface area contributed by atoms with Gasteiger partial charge >= 0.3 is 0 Å². The van der Waals surface area contributed by atoms with E-state index < -0.39 is 0 Å². The van der Waals surface area contributed by atoms with Crippen LogP contribution in [0.1, 0.15) is 12.5 Å². The van der Waals surface area contributed by atoms with E-state index in [1.54, 1.807) is 4.90 Å². The highest BCUT2D eigenvalue weighted by atomic mass is 32.2. The number of aromatic nitrogens is 3. The predicted molar refractivity (Wildman–Crippen MR) is 123 cm³/mol. The third-order valence-electron chi connectivity index (χ3n) is 5.19. The number of rotatable bonds is 7. The van der Waals surface area contributed by atoms with Crippen LogP contribution in [0.25, 0.3) is 5.69 Å². The van der Waals surface area contributed by atoms with Gasteiger partial charge in [0.25, 0.3) is 0 Å². The van der Waals surface area contributed by atoms with Crippen molar-refractivity contribution in [3.63, 3.8) is 0 Å². The van der Waals surface area contributed by atoms with Gasteiger partial charge in [-0.3, -0.25) is 9.36 Å². The molecule has 0 radical (unpaired) electrons. The number of benzene rings is 2. The van der Waals surface area contributed by atoms with Crippen molar-refractivity contribution < 1.29 is 9.53 Å². The second-order valence-corrected chi connectivity index (χ2v) is 8.80. The maximum Gasteiger partial charge on any atom is 0.235 e. The number of amides is 1. The molecule has 1 fully saturated rings. The molecule has 1 aliphatic heterocycles. The lowest BCUT2D eigenvalue weighted by atomic mass is 10.2. The van der Waals surface area contributed by atoms with Crippen molar-refractivity contribution in [2.45, 2.75) is 23.9 Å². The molecule has 0 bridgehead atoms. The summed E-state index contributed by atoms with van der Waals surface area (Å²) < 4.78 is 7.53. The zero-order valence-electron chi connectivity index (χ0n) is 17.8. The third kappa shape index (κ3) is 5.08. The maximum atomic E-state index is 13.0. The number of nitrogens with zero attached hydrogens (tertiary/aromatic N) is 5. The third-order valence-corrected chi connectivity index (χ3v) is 6.22. The van der Waals surface area contributed by atoms with Crippen molar-refractivity contribution >= 4 is 23.6 Å². The van der Waals surface area contributed by atoms with E-state index in [-0.39, 0.29) is 11.2 Å². The molecule has 1 aromatic heterocycles. The molecule has 7 nitrogen and oxygen atoms in total. The first-order valence-corrected chi connectivity index (χ1v) is 11.3. The topological polar surface area (TPSA) is 63.5 Å². The minimum Gasteiger partial charge on any atom is -0.378 e. The summed E-state index contributed by atoms with van der Waals surface area (Å²) >= 11 is 1.44. The summed E-state index contributed by atoms with van der Waals surface area (Å²) in [6.45, 7) is 5.38. The summed E-state index contributed by atoms with van der Waals surface area (Å²) in [5.74, 6) is 0.846. The van der Waals surface area contributed by atoms with E-state index in [2.05, 4.69) is 15.1 Å². The normalized spacial score (nSPS) is 15.0. The first-order valence-electron chi connectivity index (χ1n) is 10.4. The Morgan fingerprint density at radius 2 is 1.71 bits per heavy atom. The lowest BCUT2D eigenvalue weighted by molar-refractivity contribution is -0.129. The second-order valence-electron chi connectivity index (χ2n) is 7.49. The molecule has 3 aromatic rings. The molecule has 0 aliphatic carbocycles. The van der Waals surface area contributed by atoms with Crippen LogP contribution in [0.5, 0.6) is 0 Å². The van der Waals surface area contributed by atoms with E-state index in [4.69, 9.17) is 4.74 Å². The van der Waals surface area contributed by atoms with E-state index in [1.807, 2.05) is 79.2 Å². The zero-order chi connectivity index (χ0) is 21.6. The molecule has 2 heterocycles. The number of carbonyl (C=O) groups is 1. The monoisotopic (exact) mass is 437 g/mol. The van der Waals surface area contributed by atoms with Crippen LogP contribution in [0, 0.1) is 0 Å². The number of morpholine rings is 1. The molecule has 8 heteroatoms. The van der Waals surface area contributed by atoms with E-state index in [0.29, 0.717) is 24.9 Å². The first-order chi connectivity index (χ1) is 15.1. The number of anilines is 1. The van der Waals surface area contributed by atoms with Crippen LogP contribution in [0.3, 0.4) is 0 Å². The summed E-state index contributed by atoms with van der Waals surface area (Å²) in [5.41, 5.74) is 2.09. The molecule has 0 saturated carbocycles. The SMILES string of the molecule is CC(Sc1nnc(N2CCOCC2)n1-c1ccccc1)C(=O)N(C)Cc1ccccc1. The van der Waals surface area contributed by atoms with Gasteiger partial charge in [-0.1, -0.05) is 60.3 Å². The highest BCUT2D eigenvalue weighted by Crippen LogP contribution is 2.30. The number of hydrogen-bond donors (Lipinski definition) is 0. The molecular weight excluding hydrogens is 410 g/mol. The molecule has 1 amide bonds. The summed E-state index contributed by atoms with van der Waals surface area (Å²) in [5, 5.41) is 9.35. The van der Waals surface area contributed by atoms with Crippen LogP contribution in [-0.2, 0) is 16.1 Å². The molecule has 4 rings (SSSR count). The van der Waals surface area contributed by atoms with Crippen molar-refractivity contribution in [3.05, 3.63) is 66.2 Å². The van der Waals surface area contributed by atoms with E-state index in [0.717, 1.165) is 30.3 Å². The van der Waals surface area contributed by atoms with Crippen molar-refractivity contribution in [2.75, 3.05) is 38.3 Å². The summed E-state index contributed by atoms with van der Waals surface area (Å²) in [6, 6.07) is 20.1. The fourth-order valence-corrected chi connectivity index (χ4v) is 4.54. The van der Waals surface area contributed by atoms with Gasteiger partial charge in [-0.05, 0) is 24.6 Å². The lowest BCUT2D eigenvalue weighted by Crippen LogP contribution is -2.38. The Balaban J connectivity index is 1.54. The Bertz CT molecular complexity index is 990. The summed E-state index contributed by atoms with van der Waals surface area (Å²) in [4.78, 5) is 17.0. The van der Waals surface area contributed by atoms with E-state index in [1.165, 1.54) is 11.8 Å². The number of ether oxygens (including phenoxy) is 1. The highest BCUT2D eigenvalue weighted by Gasteiger charge is 2.26. The van der Waals surface area contributed by atoms with Gasteiger partial charge in [-0.15, -0.1) is 10.2 Å². The number of para-hydroxylation sites is 1. The Morgan fingerprint density at radius 1 is 1.06 bits per heavy atom. The molecule has 162 valence electrons. The Morgan fingerprint density at radius 3 is 2.39 bits per heavy atom. The van der Waals surface area contributed by atoms with Crippen LogP contribution < -0.4 is 4.90 Å². The molecule has 0 N–H and O–H groups in total. The molecule has 1 saturated heterocycles. The Kier molecular flexibility index (Phi) is 6.89. The molecular formula is C23H27N5O2S. The average molecular weight is 438 g/mol. The van der Waals surface area contributed by atoms with Crippen LogP contribution in [0.2, 0.25) is 0 Å². The van der Waals surface area contributed by atoms with Crippen molar-refractivity contribution in [2.24, 2.45) is 0 Å². The Labute approximate surface area is 187 Å². The number of carbonyl (C=O) groups excluding carboxylic acids is 1. The molecule has 1 aliphatic rings. The fourth-order valence-electron chi connectivity index (χ4n) is 3.56. The number of hydrogen-bond acceptors (Lipinski definition) is 6. The van der Waals surface area contributed by atoms with Crippen LogP contribution in [0.4, 0.5) is 5.95 Å². The second kappa shape index (κ2) is 9.98. The van der Waals surface area contributed by atoms with Crippen LogP contribution in [-0.4, -0.2) is 64.2 Å². The first kappa shape index (κ1) is 21.4. The van der Waals surface area contributed by atoms with Gasteiger partial charge in [0.05, 0.1) is 24.2 Å². The van der Waals surface area contributed by atoms with Crippen LogP contribution >= 0.6 is 11.8 Å². The van der Waals surface area contributed by atoms with Gasteiger partial charge in [0, 0.05) is 26.7 Å². The van der Waals surface area contributed by atoms with Gasteiger partial charge in [-0.25, -0.2) is 0 Å². The van der Waals surface area contributed by atoms with Gasteiger partial charge in [0.1, 0.15) is 0 Å². The standard InChI is InChI=1S/C23H27N5O2S/c1-18(21(29)26(2)17-19-9-5-3-6-10-19)31-23-25-24-22(27-13-15-30-16-14-27)28(23)20-11-7-4-8-12-20/h3-12,18H,13-17H2,1-2H3. The molecule has 0 spiro atoms. The molecule has 1 unspecified atom stereocenters. The largest absolute Gasteiger partial charge is 0.378 e. The van der Waals surface area contributed by atoms with Gasteiger partial charge in [0.15, 0.2) is 5.16 Å².